The Kier molecular flexibility index (Phi) is 2.34. The van der Waals surface area contributed by atoms with Crippen LogP contribution in [-0.4, -0.2) is 16.1 Å². The second-order valence-corrected chi connectivity index (χ2v) is 3.86. The van der Waals surface area contributed by atoms with Crippen molar-refractivity contribution in [2.45, 2.75) is 0 Å². The van der Waals surface area contributed by atoms with Crippen LogP contribution in [0.5, 0.6) is 0 Å². The minimum Gasteiger partial charge on any atom is -0.478 e. The van der Waals surface area contributed by atoms with Gasteiger partial charge in [-0.2, -0.15) is 0 Å². The second kappa shape index (κ2) is 4.00. The molecular formula is C14H9NO3. The van der Waals surface area contributed by atoms with Crippen LogP contribution in [0.3, 0.4) is 0 Å². The van der Waals surface area contributed by atoms with Crippen molar-refractivity contribution in [2.75, 3.05) is 0 Å². The number of carbonyl (C=O) groups is 1. The van der Waals surface area contributed by atoms with E-state index >= 15 is 0 Å². The predicted octanol–water partition coefficient (Wildman–Crippen LogP) is 3.19. The zero-order chi connectivity index (χ0) is 12.5. The Hall–Kier alpha value is -2.62. The van der Waals surface area contributed by atoms with Gasteiger partial charge in [0.2, 0.25) is 0 Å². The number of aromatic nitrogens is 1. The van der Waals surface area contributed by atoms with E-state index in [0.29, 0.717) is 16.7 Å². The summed E-state index contributed by atoms with van der Waals surface area (Å²) in [5.41, 5.74) is 2.98. The standard InChI is InChI=1S/C14H9NO3/c16-14(17)11-5-2-1-4-9(11)10-6-3-7-12-13(10)15-8-18-12/h1-8H,(H,16,17). The lowest BCUT2D eigenvalue weighted by Gasteiger charge is -2.06. The normalized spacial score (nSPS) is 10.7. The summed E-state index contributed by atoms with van der Waals surface area (Å²) in [7, 11) is 0. The van der Waals surface area contributed by atoms with Crippen molar-refractivity contribution in [1.29, 1.82) is 0 Å². The van der Waals surface area contributed by atoms with Crippen LogP contribution in [0.25, 0.3) is 22.2 Å². The van der Waals surface area contributed by atoms with Gasteiger partial charge in [-0.05, 0) is 17.7 Å². The van der Waals surface area contributed by atoms with Crippen molar-refractivity contribution >= 4 is 17.1 Å². The molecule has 3 aromatic rings. The Morgan fingerprint density at radius 3 is 2.67 bits per heavy atom. The average Bonchev–Trinajstić information content (AvgIpc) is 2.86. The van der Waals surface area contributed by atoms with E-state index in [9.17, 15) is 9.90 Å². The van der Waals surface area contributed by atoms with Gasteiger partial charge in [-0.15, -0.1) is 0 Å². The first-order valence-corrected chi connectivity index (χ1v) is 5.42. The number of aromatic carboxylic acids is 1. The molecule has 0 fully saturated rings. The molecule has 3 rings (SSSR count). The van der Waals surface area contributed by atoms with Gasteiger partial charge in [-0.25, -0.2) is 9.78 Å². The molecule has 0 bridgehead atoms. The zero-order valence-electron chi connectivity index (χ0n) is 9.33. The third-order valence-electron chi connectivity index (χ3n) is 2.81. The van der Waals surface area contributed by atoms with Gasteiger partial charge in [0.1, 0.15) is 5.52 Å². The minimum absolute atomic E-state index is 0.257. The van der Waals surface area contributed by atoms with Gasteiger partial charge >= 0.3 is 5.97 Å². The number of oxazole rings is 1. The van der Waals surface area contributed by atoms with Crippen molar-refractivity contribution < 1.29 is 14.3 Å². The van der Waals surface area contributed by atoms with E-state index in [-0.39, 0.29) is 5.56 Å². The number of nitrogens with zero attached hydrogens (tertiary/aromatic N) is 1. The Morgan fingerprint density at radius 1 is 1.06 bits per heavy atom. The van der Waals surface area contributed by atoms with Crippen LogP contribution in [0.4, 0.5) is 0 Å². The largest absolute Gasteiger partial charge is 0.478 e. The first kappa shape index (κ1) is 10.5. The highest BCUT2D eigenvalue weighted by Gasteiger charge is 2.14. The van der Waals surface area contributed by atoms with E-state index in [1.165, 1.54) is 6.39 Å². The number of hydrogen-bond acceptors (Lipinski definition) is 3. The fourth-order valence-electron chi connectivity index (χ4n) is 2.01. The highest BCUT2D eigenvalue weighted by molar-refractivity contribution is 6.01. The highest BCUT2D eigenvalue weighted by Crippen LogP contribution is 2.30. The topological polar surface area (TPSA) is 63.3 Å². The number of benzene rings is 2. The van der Waals surface area contributed by atoms with Gasteiger partial charge < -0.3 is 9.52 Å². The van der Waals surface area contributed by atoms with Crippen LogP contribution in [0.1, 0.15) is 10.4 Å². The van der Waals surface area contributed by atoms with E-state index in [1.54, 1.807) is 30.3 Å². The van der Waals surface area contributed by atoms with Gasteiger partial charge in [-0.3, -0.25) is 0 Å². The lowest BCUT2D eigenvalue weighted by Crippen LogP contribution is -1.99. The summed E-state index contributed by atoms with van der Waals surface area (Å²) in [5, 5.41) is 9.21. The Bertz CT molecular complexity index is 730. The number of hydrogen-bond donors (Lipinski definition) is 1. The lowest BCUT2D eigenvalue weighted by molar-refractivity contribution is 0.0698. The van der Waals surface area contributed by atoms with Crippen molar-refractivity contribution in [3.05, 3.63) is 54.4 Å². The Morgan fingerprint density at radius 2 is 1.83 bits per heavy atom. The van der Waals surface area contributed by atoms with E-state index in [1.807, 2.05) is 12.1 Å². The molecule has 0 aliphatic heterocycles. The van der Waals surface area contributed by atoms with Gasteiger partial charge in [-0.1, -0.05) is 30.3 Å². The first-order chi connectivity index (χ1) is 8.77. The monoisotopic (exact) mass is 239 g/mol. The molecule has 0 saturated heterocycles. The molecular weight excluding hydrogens is 230 g/mol. The predicted molar refractivity (Wildman–Crippen MR) is 66.4 cm³/mol. The first-order valence-electron chi connectivity index (χ1n) is 5.42. The molecule has 88 valence electrons. The van der Waals surface area contributed by atoms with Gasteiger partial charge in [0.05, 0.1) is 5.56 Å². The van der Waals surface area contributed by atoms with Crippen molar-refractivity contribution in [1.82, 2.24) is 4.98 Å². The summed E-state index contributed by atoms with van der Waals surface area (Å²) in [4.78, 5) is 15.4. The van der Waals surface area contributed by atoms with Crippen LogP contribution < -0.4 is 0 Å². The quantitative estimate of drug-likeness (QED) is 0.745. The summed E-state index contributed by atoms with van der Waals surface area (Å²) >= 11 is 0. The average molecular weight is 239 g/mol. The van der Waals surface area contributed by atoms with Gasteiger partial charge in [0, 0.05) is 5.56 Å². The third-order valence-corrected chi connectivity index (χ3v) is 2.81. The maximum absolute atomic E-state index is 11.2. The summed E-state index contributed by atoms with van der Waals surface area (Å²) < 4.78 is 5.22. The second-order valence-electron chi connectivity index (χ2n) is 3.86. The summed E-state index contributed by atoms with van der Waals surface area (Å²) in [6, 6.07) is 12.3. The molecule has 1 N–H and O–H groups in total. The molecule has 18 heavy (non-hydrogen) atoms. The SMILES string of the molecule is O=C(O)c1ccccc1-c1cccc2ocnc12. The molecule has 0 radical (unpaired) electrons. The van der Waals surface area contributed by atoms with E-state index < -0.39 is 5.97 Å². The summed E-state index contributed by atoms with van der Waals surface area (Å²) in [6.45, 7) is 0. The lowest BCUT2D eigenvalue weighted by atomic mass is 9.99. The molecule has 1 heterocycles. The summed E-state index contributed by atoms with van der Waals surface area (Å²) in [6.07, 6.45) is 1.36. The molecule has 4 nitrogen and oxygen atoms in total. The maximum atomic E-state index is 11.2. The number of carboxylic acid groups (broad SMARTS) is 1. The van der Waals surface area contributed by atoms with Crippen LogP contribution in [0.15, 0.2) is 53.3 Å². The van der Waals surface area contributed by atoms with E-state index in [0.717, 1.165) is 5.56 Å². The smallest absolute Gasteiger partial charge is 0.336 e. The van der Waals surface area contributed by atoms with Crippen LogP contribution in [0, 0.1) is 0 Å². The molecule has 4 heteroatoms. The number of rotatable bonds is 2. The molecule has 0 aliphatic rings. The van der Waals surface area contributed by atoms with E-state index in [4.69, 9.17) is 4.42 Å². The van der Waals surface area contributed by atoms with Gasteiger partial charge in [0.25, 0.3) is 0 Å². The molecule has 1 aromatic heterocycles. The third kappa shape index (κ3) is 1.55. The maximum Gasteiger partial charge on any atom is 0.336 e. The summed E-state index contributed by atoms with van der Waals surface area (Å²) in [5.74, 6) is -0.953. The number of para-hydroxylation sites is 1. The molecule has 0 atom stereocenters. The Balaban J connectivity index is 2.33. The van der Waals surface area contributed by atoms with Crippen molar-refractivity contribution in [2.24, 2.45) is 0 Å². The van der Waals surface area contributed by atoms with Crippen LogP contribution >= 0.6 is 0 Å². The number of carboxylic acids is 1. The molecule has 2 aromatic carbocycles. The van der Waals surface area contributed by atoms with Gasteiger partial charge in [0.15, 0.2) is 12.0 Å². The van der Waals surface area contributed by atoms with Crippen LogP contribution in [-0.2, 0) is 0 Å². The molecule has 0 amide bonds. The van der Waals surface area contributed by atoms with E-state index in [2.05, 4.69) is 4.98 Å². The molecule has 0 spiro atoms. The van der Waals surface area contributed by atoms with Crippen molar-refractivity contribution in [3.8, 4) is 11.1 Å². The molecule has 0 unspecified atom stereocenters. The van der Waals surface area contributed by atoms with Crippen LogP contribution in [0.2, 0.25) is 0 Å². The fraction of sp³-hybridized carbons (Fsp3) is 0. The van der Waals surface area contributed by atoms with Crippen molar-refractivity contribution in [3.63, 3.8) is 0 Å². The Labute approximate surface area is 103 Å². The molecule has 0 saturated carbocycles. The minimum atomic E-state index is -0.953. The number of fused-ring (bicyclic) bond motifs is 1. The molecule has 0 aliphatic carbocycles. The highest BCUT2D eigenvalue weighted by atomic mass is 16.4. The zero-order valence-corrected chi connectivity index (χ0v) is 9.33. The fourth-order valence-corrected chi connectivity index (χ4v) is 2.01.